The summed E-state index contributed by atoms with van der Waals surface area (Å²) in [5.41, 5.74) is 4.10. The number of ether oxygens (including phenoxy) is 1. The van der Waals surface area contributed by atoms with Crippen LogP contribution in [0.3, 0.4) is 0 Å². The summed E-state index contributed by atoms with van der Waals surface area (Å²) in [6.07, 6.45) is 2.17. The van der Waals surface area contributed by atoms with E-state index in [0.29, 0.717) is 0 Å². The van der Waals surface area contributed by atoms with Crippen molar-refractivity contribution in [1.29, 1.82) is 0 Å². The summed E-state index contributed by atoms with van der Waals surface area (Å²) in [5, 5.41) is 6.02. The van der Waals surface area contributed by atoms with E-state index >= 15 is 0 Å². The van der Waals surface area contributed by atoms with Crippen molar-refractivity contribution in [1.82, 2.24) is 0 Å². The van der Waals surface area contributed by atoms with E-state index in [2.05, 4.69) is 24.5 Å². The summed E-state index contributed by atoms with van der Waals surface area (Å²) in [4.78, 5) is 12.0. The fourth-order valence-electron chi connectivity index (χ4n) is 2.21. The Kier molecular flexibility index (Phi) is 6.67. The molecule has 24 heavy (non-hydrogen) atoms. The van der Waals surface area contributed by atoms with Gasteiger partial charge in [0, 0.05) is 11.4 Å². The number of anilines is 2. The minimum absolute atomic E-state index is 0.0680. The van der Waals surface area contributed by atoms with Crippen LogP contribution in [0.5, 0.6) is 5.75 Å². The van der Waals surface area contributed by atoms with Gasteiger partial charge in [0.05, 0.1) is 13.2 Å². The van der Waals surface area contributed by atoms with E-state index in [1.807, 2.05) is 49.4 Å². The highest BCUT2D eigenvalue weighted by atomic mass is 16.5. The lowest BCUT2D eigenvalue weighted by molar-refractivity contribution is -0.114. The molecule has 0 aliphatic heterocycles. The molecule has 2 aromatic carbocycles. The van der Waals surface area contributed by atoms with Crippen LogP contribution in [0.1, 0.15) is 30.9 Å². The summed E-state index contributed by atoms with van der Waals surface area (Å²) in [6.45, 7) is 7.19. The first-order valence-corrected chi connectivity index (χ1v) is 8.42. The van der Waals surface area contributed by atoms with Gasteiger partial charge in [-0.15, -0.1) is 0 Å². The number of rotatable bonds is 8. The number of hydrogen-bond donors (Lipinski definition) is 2. The Hall–Kier alpha value is -2.49. The molecule has 0 spiro atoms. The topological polar surface area (TPSA) is 50.4 Å². The average Bonchev–Trinajstić information content (AvgIpc) is 2.58. The highest BCUT2D eigenvalue weighted by Crippen LogP contribution is 2.16. The Balaban J connectivity index is 1.79. The molecule has 0 bridgehead atoms. The number of unbranched alkanes of at least 4 members (excludes halogenated alkanes) is 1. The maximum Gasteiger partial charge on any atom is 0.243 e. The maximum atomic E-state index is 12.0. The summed E-state index contributed by atoms with van der Waals surface area (Å²) in [7, 11) is 0. The lowest BCUT2D eigenvalue weighted by atomic mass is 10.1. The molecule has 0 saturated carbocycles. The number of carbonyl (C=O) groups excluding carboxylic acids is 1. The zero-order valence-corrected chi connectivity index (χ0v) is 14.7. The molecular weight excluding hydrogens is 300 g/mol. The molecule has 0 heterocycles. The predicted octanol–water partition coefficient (Wildman–Crippen LogP) is 4.53. The molecular formula is C20H26N2O2. The second kappa shape index (κ2) is 8.96. The second-order valence-electron chi connectivity index (χ2n) is 5.93. The Morgan fingerprint density at radius 2 is 1.71 bits per heavy atom. The fourth-order valence-corrected chi connectivity index (χ4v) is 2.21. The molecule has 0 radical (unpaired) electrons. The first-order chi connectivity index (χ1) is 11.6. The van der Waals surface area contributed by atoms with Crippen molar-refractivity contribution in [2.24, 2.45) is 0 Å². The van der Waals surface area contributed by atoms with Crippen LogP contribution in [-0.4, -0.2) is 19.1 Å². The van der Waals surface area contributed by atoms with Crippen LogP contribution in [0.4, 0.5) is 11.4 Å². The molecule has 0 saturated heterocycles. The smallest absolute Gasteiger partial charge is 0.243 e. The van der Waals surface area contributed by atoms with Gasteiger partial charge in [-0.1, -0.05) is 19.4 Å². The SMILES string of the molecule is CCCCOc1ccc(NCC(=O)Nc2ccc(C)c(C)c2)cc1. The molecule has 0 fully saturated rings. The second-order valence-corrected chi connectivity index (χ2v) is 5.93. The van der Waals surface area contributed by atoms with Gasteiger partial charge in [0.15, 0.2) is 0 Å². The van der Waals surface area contributed by atoms with Gasteiger partial charge >= 0.3 is 0 Å². The Morgan fingerprint density at radius 1 is 1.00 bits per heavy atom. The number of nitrogens with one attached hydrogen (secondary N) is 2. The number of benzene rings is 2. The van der Waals surface area contributed by atoms with Crippen LogP contribution in [0.15, 0.2) is 42.5 Å². The van der Waals surface area contributed by atoms with Crippen LogP contribution in [0.25, 0.3) is 0 Å². The maximum absolute atomic E-state index is 12.0. The van der Waals surface area contributed by atoms with Gasteiger partial charge in [0.1, 0.15) is 5.75 Å². The normalized spacial score (nSPS) is 10.3. The Bertz CT molecular complexity index is 666. The summed E-state index contributed by atoms with van der Waals surface area (Å²) < 4.78 is 5.62. The van der Waals surface area contributed by atoms with Crippen molar-refractivity contribution < 1.29 is 9.53 Å². The standard InChI is InChI=1S/C20H26N2O2/c1-4-5-12-24-19-10-8-17(9-11-19)21-14-20(23)22-18-7-6-15(2)16(3)13-18/h6-11,13,21H,4-5,12,14H2,1-3H3,(H,22,23). The quantitative estimate of drug-likeness (QED) is 0.701. The van der Waals surface area contributed by atoms with Crippen molar-refractivity contribution >= 4 is 17.3 Å². The van der Waals surface area contributed by atoms with Gasteiger partial charge in [0.25, 0.3) is 0 Å². The highest BCUT2D eigenvalue weighted by Gasteiger charge is 2.04. The van der Waals surface area contributed by atoms with Crippen LogP contribution in [-0.2, 0) is 4.79 Å². The monoisotopic (exact) mass is 326 g/mol. The van der Waals surface area contributed by atoms with Gasteiger partial charge in [-0.3, -0.25) is 4.79 Å². The van der Waals surface area contributed by atoms with E-state index < -0.39 is 0 Å². The van der Waals surface area contributed by atoms with Crippen molar-refractivity contribution in [2.75, 3.05) is 23.8 Å². The number of carbonyl (C=O) groups is 1. The molecule has 2 N–H and O–H groups in total. The molecule has 0 atom stereocenters. The van der Waals surface area contributed by atoms with Crippen molar-refractivity contribution in [3.63, 3.8) is 0 Å². The number of amides is 1. The van der Waals surface area contributed by atoms with E-state index in [-0.39, 0.29) is 12.5 Å². The van der Waals surface area contributed by atoms with Gasteiger partial charge in [0.2, 0.25) is 5.91 Å². The van der Waals surface area contributed by atoms with Gasteiger partial charge in [-0.2, -0.15) is 0 Å². The summed E-state index contributed by atoms with van der Waals surface area (Å²) >= 11 is 0. The van der Waals surface area contributed by atoms with Crippen molar-refractivity contribution in [2.45, 2.75) is 33.6 Å². The lowest BCUT2D eigenvalue weighted by Crippen LogP contribution is -2.21. The van der Waals surface area contributed by atoms with Crippen LogP contribution in [0.2, 0.25) is 0 Å². The number of aryl methyl sites for hydroxylation is 2. The fraction of sp³-hybridized carbons (Fsp3) is 0.350. The Morgan fingerprint density at radius 3 is 2.38 bits per heavy atom. The van der Waals surface area contributed by atoms with Gasteiger partial charge < -0.3 is 15.4 Å². The minimum Gasteiger partial charge on any atom is -0.494 e. The molecule has 0 unspecified atom stereocenters. The molecule has 0 aliphatic rings. The van der Waals surface area contributed by atoms with Crippen molar-refractivity contribution in [3.05, 3.63) is 53.6 Å². The van der Waals surface area contributed by atoms with Crippen LogP contribution < -0.4 is 15.4 Å². The molecule has 1 amide bonds. The zero-order chi connectivity index (χ0) is 17.4. The average molecular weight is 326 g/mol. The molecule has 4 nitrogen and oxygen atoms in total. The molecule has 0 aromatic heterocycles. The van der Waals surface area contributed by atoms with E-state index in [0.717, 1.165) is 36.6 Å². The van der Waals surface area contributed by atoms with E-state index in [9.17, 15) is 4.79 Å². The first kappa shape index (κ1) is 17.9. The molecule has 0 aliphatic carbocycles. The Labute approximate surface area is 144 Å². The number of hydrogen-bond acceptors (Lipinski definition) is 3. The minimum atomic E-state index is -0.0680. The van der Waals surface area contributed by atoms with Gasteiger partial charge in [-0.25, -0.2) is 0 Å². The van der Waals surface area contributed by atoms with E-state index in [1.165, 1.54) is 11.1 Å². The van der Waals surface area contributed by atoms with E-state index in [1.54, 1.807) is 0 Å². The molecule has 2 rings (SSSR count). The van der Waals surface area contributed by atoms with Gasteiger partial charge in [-0.05, 0) is 67.8 Å². The third-order valence-corrected chi connectivity index (χ3v) is 3.86. The highest BCUT2D eigenvalue weighted by molar-refractivity contribution is 5.93. The third kappa shape index (κ3) is 5.61. The molecule has 128 valence electrons. The molecule has 2 aromatic rings. The zero-order valence-electron chi connectivity index (χ0n) is 14.7. The van der Waals surface area contributed by atoms with E-state index in [4.69, 9.17) is 4.74 Å². The summed E-state index contributed by atoms with van der Waals surface area (Å²) in [6, 6.07) is 13.6. The first-order valence-electron chi connectivity index (χ1n) is 8.42. The molecule has 4 heteroatoms. The van der Waals surface area contributed by atoms with Crippen LogP contribution >= 0.6 is 0 Å². The largest absolute Gasteiger partial charge is 0.494 e. The predicted molar refractivity (Wildman–Crippen MR) is 99.9 cm³/mol. The lowest BCUT2D eigenvalue weighted by Gasteiger charge is -2.10. The summed E-state index contributed by atoms with van der Waals surface area (Å²) in [5.74, 6) is 0.787. The third-order valence-electron chi connectivity index (χ3n) is 3.86. The van der Waals surface area contributed by atoms with Crippen LogP contribution in [0, 0.1) is 13.8 Å². The van der Waals surface area contributed by atoms with Crippen molar-refractivity contribution in [3.8, 4) is 5.75 Å².